The molecule has 1 aromatic heterocycles. The van der Waals surface area contributed by atoms with Crippen LogP contribution < -0.4 is 15.4 Å². The van der Waals surface area contributed by atoms with Crippen molar-refractivity contribution in [1.82, 2.24) is 10.6 Å². The van der Waals surface area contributed by atoms with Gasteiger partial charge in [0.25, 0.3) is 0 Å². The average Bonchev–Trinajstić information content (AvgIpc) is 3.18. The number of fused-ring (bicyclic) bond motifs is 1. The van der Waals surface area contributed by atoms with Gasteiger partial charge in [0, 0.05) is 13.1 Å². The molecule has 142 valence electrons. The van der Waals surface area contributed by atoms with Gasteiger partial charge in [-0.2, -0.15) is 0 Å². The van der Waals surface area contributed by atoms with Crippen LogP contribution in [0.3, 0.4) is 0 Å². The molecule has 0 spiro atoms. The number of aliphatic hydroxyl groups is 1. The van der Waals surface area contributed by atoms with Gasteiger partial charge in [-0.1, -0.05) is 36.4 Å². The second kappa shape index (κ2) is 9.21. The van der Waals surface area contributed by atoms with Crippen molar-refractivity contribution in [3.05, 3.63) is 66.4 Å². The molecule has 2 atom stereocenters. The van der Waals surface area contributed by atoms with Crippen LogP contribution in [0.2, 0.25) is 0 Å². The summed E-state index contributed by atoms with van der Waals surface area (Å²) in [7, 11) is 0. The molecule has 6 nitrogen and oxygen atoms in total. The van der Waals surface area contributed by atoms with Crippen LogP contribution in [0.1, 0.15) is 12.5 Å². The summed E-state index contributed by atoms with van der Waals surface area (Å²) in [5, 5.41) is 16.9. The van der Waals surface area contributed by atoms with Gasteiger partial charge in [-0.25, -0.2) is 0 Å². The number of carbonyl (C=O) groups is 1. The quantitative estimate of drug-likeness (QED) is 0.540. The topological polar surface area (TPSA) is 83.7 Å². The number of hydrogen-bond donors (Lipinski definition) is 3. The van der Waals surface area contributed by atoms with Gasteiger partial charge < -0.3 is 24.9 Å². The van der Waals surface area contributed by atoms with Crippen molar-refractivity contribution >= 4 is 16.9 Å². The largest absolute Gasteiger partial charge is 0.490 e. The first-order valence-electron chi connectivity index (χ1n) is 8.95. The van der Waals surface area contributed by atoms with Crippen LogP contribution in [0.4, 0.5) is 0 Å². The maximum Gasteiger partial charge on any atom is 0.237 e. The van der Waals surface area contributed by atoms with Crippen LogP contribution in [-0.2, 0) is 11.3 Å². The van der Waals surface area contributed by atoms with Crippen LogP contribution in [0.15, 0.2) is 65.3 Å². The zero-order valence-corrected chi connectivity index (χ0v) is 15.2. The van der Waals surface area contributed by atoms with E-state index in [0.717, 1.165) is 16.5 Å². The maximum atomic E-state index is 12.1. The number of amides is 1. The summed E-state index contributed by atoms with van der Waals surface area (Å²) in [6.07, 6.45) is 0.863. The lowest BCUT2D eigenvalue weighted by Crippen LogP contribution is -2.45. The Labute approximate surface area is 158 Å². The Hall–Kier alpha value is -2.83. The van der Waals surface area contributed by atoms with E-state index in [1.807, 2.05) is 54.6 Å². The molecule has 0 radical (unpaired) electrons. The van der Waals surface area contributed by atoms with Gasteiger partial charge in [0.05, 0.1) is 17.7 Å². The number of hydrogen-bond acceptors (Lipinski definition) is 5. The fourth-order valence-electron chi connectivity index (χ4n) is 2.68. The van der Waals surface area contributed by atoms with E-state index in [0.29, 0.717) is 12.3 Å². The molecule has 2 aromatic carbocycles. The van der Waals surface area contributed by atoms with Gasteiger partial charge in [0.2, 0.25) is 5.91 Å². The third-order valence-corrected chi connectivity index (χ3v) is 4.25. The lowest BCUT2D eigenvalue weighted by molar-refractivity contribution is -0.123. The first kappa shape index (κ1) is 18.9. The molecule has 1 amide bonds. The molecule has 0 fully saturated rings. The van der Waals surface area contributed by atoms with Crippen LogP contribution in [-0.4, -0.2) is 36.3 Å². The molecule has 3 N–H and O–H groups in total. The first-order chi connectivity index (χ1) is 13.1. The Balaban J connectivity index is 1.39. The first-order valence-corrected chi connectivity index (χ1v) is 8.95. The highest BCUT2D eigenvalue weighted by atomic mass is 16.5. The highest BCUT2D eigenvalue weighted by molar-refractivity contribution is 5.83. The summed E-state index contributed by atoms with van der Waals surface area (Å²) >= 11 is 0. The minimum atomic E-state index is -0.739. The summed E-state index contributed by atoms with van der Waals surface area (Å²) in [4.78, 5) is 12.1. The van der Waals surface area contributed by atoms with Gasteiger partial charge >= 0.3 is 0 Å². The number of ether oxygens (including phenoxy) is 1. The number of furan rings is 1. The summed E-state index contributed by atoms with van der Waals surface area (Å²) in [5.74, 6) is 0.545. The standard InChI is InChI=1S/C21H24N2O4/c1-15(21(25)23-12-16-6-3-2-4-7-16)22-13-17(24)14-27-20-9-5-8-19-18(20)10-11-26-19/h2-11,15,17,22,24H,12-14H2,1H3,(H,23,25). The molecule has 0 saturated heterocycles. The zero-order valence-electron chi connectivity index (χ0n) is 15.2. The Bertz CT molecular complexity index is 863. The van der Waals surface area contributed by atoms with Crippen molar-refractivity contribution in [2.75, 3.05) is 13.2 Å². The number of benzene rings is 2. The predicted molar refractivity (Wildman–Crippen MR) is 103 cm³/mol. The molecule has 0 saturated carbocycles. The molecule has 0 aliphatic carbocycles. The van der Waals surface area contributed by atoms with E-state index in [1.165, 1.54) is 0 Å². The number of aliphatic hydroxyl groups excluding tert-OH is 1. The minimum Gasteiger partial charge on any atom is -0.490 e. The van der Waals surface area contributed by atoms with E-state index in [-0.39, 0.29) is 19.1 Å². The fourth-order valence-corrected chi connectivity index (χ4v) is 2.68. The fraction of sp³-hybridized carbons (Fsp3) is 0.286. The Morgan fingerprint density at radius 1 is 1.15 bits per heavy atom. The highest BCUT2D eigenvalue weighted by Gasteiger charge is 2.15. The van der Waals surface area contributed by atoms with Crippen molar-refractivity contribution in [2.24, 2.45) is 0 Å². The zero-order chi connectivity index (χ0) is 19.1. The van der Waals surface area contributed by atoms with Crippen molar-refractivity contribution in [1.29, 1.82) is 0 Å². The van der Waals surface area contributed by atoms with E-state index < -0.39 is 12.1 Å². The van der Waals surface area contributed by atoms with E-state index in [4.69, 9.17) is 9.15 Å². The molecule has 0 aliphatic rings. The number of rotatable bonds is 9. The summed E-state index contributed by atoms with van der Waals surface area (Å²) < 4.78 is 11.0. The van der Waals surface area contributed by atoms with Gasteiger partial charge in [-0.15, -0.1) is 0 Å². The Morgan fingerprint density at radius 2 is 1.96 bits per heavy atom. The van der Waals surface area contributed by atoms with Crippen molar-refractivity contribution < 1.29 is 19.1 Å². The van der Waals surface area contributed by atoms with Crippen molar-refractivity contribution in [2.45, 2.75) is 25.6 Å². The molecule has 3 aromatic rings. The third kappa shape index (κ3) is 5.32. The van der Waals surface area contributed by atoms with E-state index >= 15 is 0 Å². The summed E-state index contributed by atoms with van der Waals surface area (Å²) in [5.41, 5.74) is 1.78. The molecule has 0 aliphatic heterocycles. The van der Waals surface area contributed by atoms with Crippen LogP contribution in [0, 0.1) is 0 Å². The van der Waals surface area contributed by atoms with Gasteiger partial charge in [0.15, 0.2) is 0 Å². The van der Waals surface area contributed by atoms with E-state index in [2.05, 4.69) is 10.6 Å². The molecule has 0 bridgehead atoms. The summed E-state index contributed by atoms with van der Waals surface area (Å²) in [6.45, 7) is 2.61. The van der Waals surface area contributed by atoms with Gasteiger partial charge in [-0.05, 0) is 30.7 Å². The molecule has 1 heterocycles. The van der Waals surface area contributed by atoms with Gasteiger partial charge in [0.1, 0.15) is 24.0 Å². The lowest BCUT2D eigenvalue weighted by Gasteiger charge is -2.17. The molecule has 3 rings (SSSR count). The summed E-state index contributed by atoms with van der Waals surface area (Å²) in [6, 6.07) is 16.7. The van der Waals surface area contributed by atoms with Crippen molar-refractivity contribution in [3.63, 3.8) is 0 Å². The molecule has 2 unspecified atom stereocenters. The number of carbonyl (C=O) groups excluding carboxylic acids is 1. The lowest BCUT2D eigenvalue weighted by atomic mass is 10.2. The highest BCUT2D eigenvalue weighted by Crippen LogP contribution is 2.26. The smallest absolute Gasteiger partial charge is 0.237 e. The normalized spacial score (nSPS) is 13.3. The van der Waals surface area contributed by atoms with E-state index in [1.54, 1.807) is 13.2 Å². The molecular formula is C21H24N2O4. The van der Waals surface area contributed by atoms with Crippen LogP contribution in [0.25, 0.3) is 11.0 Å². The number of nitrogens with one attached hydrogen (secondary N) is 2. The minimum absolute atomic E-state index is 0.116. The van der Waals surface area contributed by atoms with Crippen molar-refractivity contribution in [3.8, 4) is 5.75 Å². The predicted octanol–water partition coefficient (Wildman–Crippen LogP) is 2.47. The monoisotopic (exact) mass is 368 g/mol. The van der Waals surface area contributed by atoms with Gasteiger partial charge in [-0.3, -0.25) is 4.79 Å². The molecular weight excluding hydrogens is 344 g/mol. The maximum absolute atomic E-state index is 12.1. The SMILES string of the molecule is CC(NCC(O)COc1cccc2occc12)C(=O)NCc1ccccc1. The third-order valence-electron chi connectivity index (χ3n) is 4.25. The second-order valence-electron chi connectivity index (χ2n) is 6.39. The Morgan fingerprint density at radius 3 is 2.78 bits per heavy atom. The average molecular weight is 368 g/mol. The Kier molecular flexibility index (Phi) is 6.46. The molecule has 27 heavy (non-hydrogen) atoms. The van der Waals surface area contributed by atoms with E-state index in [9.17, 15) is 9.90 Å². The molecule has 6 heteroatoms. The van der Waals surface area contributed by atoms with Crippen LogP contribution >= 0.6 is 0 Å². The second-order valence-corrected chi connectivity index (χ2v) is 6.39. The van der Waals surface area contributed by atoms with Crippen LogP contribution in [0.5, 0.6) is 5.75 Å².